The molecule has 0 bridgehead atoms. The Morgan fingerprint density at radius 1 is 0.974 bits per heavy atom. The van der Waals surface area contributed by atoms with Crippen LogP contribution in [0.2, 0.25) is 0 Å². The largest absolute Gasteiger partial charge is 0.416 e. The number of alkyl halides is 3. The number of aliphatic hydroxyl groups is 1. The molecule has 2 amide bonds. The van der Waals surface area contributed by atoms with Gasteiger partial charge in [0.25, 0.3) is 5.91 Å². The van der Waals surface area contributed by atoms with Crippen LogP contribution < -0.4 is 10.2 Å². The first kappa shape index (κ1) is 26.1. The molecule has 1 aromatic heterocycles. The Bertz CT molecular complexity index is 1520. The Kier molecular flexibility index (Phi) is 7.17. The average Bonchev–Trinajstić information content (AvgIpc) is 3.36. The fraction of sp³-hybridized carbons (Fsp3) is 0.167. The lowest BCUT2D eigenvalue weighted by Crippen LogP contribution is -2.30. The summed E-state index contributed by atoms with van der Waals surface area (Å²) in [7, 11) is 0. The predicted octanol–water partition coefficient (Wildman–Crippen LogP) is 5.64. The van der Waals surface area contributed by atoms with E-state index in [9.17, 15) is 27.9 Å². The van der Waals surface area contributed by atoms with Gasteiger partial charge in [-0.05, 0) is 71.1 Å². The molecule has 0 fully saturated rings. The number of fused-ring (bicyclic) bond motifs is 1. The highest BCUT2D eigenvalue weighted by molar-refractivity contribution is 6.09. The van der Waals surface area contributed by atoms with Gasteiger partial charge in [0.05, 0.1) is 18.6 Å². The maximum atomic E-state index is 13.8. The minimum Gasteiger partial charge on any atom is -0.392 e. The van der Waals surface area contributed by atoms with Crippen LogP contribution in [-0.4, -0.2) is 28.4 Å². The van der Waals surface area contributed by atoms with Crippen molar-refractivity contribution in [2.24, 2.45) is 0 Å². The Balaban J connectivity index is 1.43. The van der Waals surface area contributed by atoms with Gasteiger partial charge < -0.3 is 15.3 Å². The van der Waals surface area contributed by atoms with E-state index >= 15 is 0 Å². The number of aromatic nitrogens is 1. The zero-order chi connectivity index (χ0) is 27.6. The van der Waals surface area contributed by atoms with Gasteiger partial charge in [-0.15, -0.1) is 0 Å². The van der Waals surface area contributed by atoms with Gasteiger partial charge in [-0.3, -0.25) is 14.6 Å². The number of halogens is 3. The molecule has 0 unspecified atom stereocenters. The first-order valence-electron chi connectivity index (χ1n) is 12.3. The minimum absolute atomic E-state index is 0.0969. The molecule has 5 rings (SSSR count). The van der Waals surface area contributed by atoms with Gasteiger partial charge in [0.1, 0.15) is 0 Å². The molecular weight excluding hydrogens is 507 g/mol. The molecule has 9 heteroatoms. The number of carbonyl (C=O) groups excluding carboxylic acids is 2. The van der Waals surface area contributed by atoms with E-state index in [1.165, 1.54) is 6.07 Å². The van der Waals surface area contributed by atoms with Gasteiger partial charge in [0, 0.05) is 35.4 Å². The topological polar surface area (TPSA) is 82.5 Å². The van der Waals surface area contributed by atoms with Crippen molar-refractivity contribution in [3.8, 4) is 11.1 Å². The summed E-state index contributed by atoms with van der Waals surface area (Å²) in [4.78, 5) is 32.1. The minimum atomic E-state index is -4.75. The summed E-state index contributed by atoms with van der Waals surface area (Å²) >= 11 is 0. The molecule has 0 spiro atoms. The van der Waals surface area contributed by atoms with Crippen LogP contribution in [0.4, 0.5) is 24.5 Å². The second kappa shape index (κ2) is 10.7. The summed E-state index contributed by atoms with van der Waals surface area (Å²) in [6.45, 7) is -0.342. The lowest BCUT2D eigenvalue weighted by Gasteiger charge is -2.19. The molecular formula is C30H24F3N3O3. The van der Waals surface area contributed by atoms with E-state index in [-0.39, 0.29) is 29.0 Å². The highest BCUT2D eigenvalue weighted by Crippen LogP contribution is 2.37. The van der Waals surface area contributed by atoms with E-state index < -0.39 is 24.3 Å². The van der Waals surface area contributed by atoms with Crippen molar-refractivity contribution in [3.63, 3.8) is 0 Å². The molecule has 0 saturated heterocycles. The average molecular weight is 532 g/mol. The lowest BCUT2D eigenvalue weighted by molar-refractivity contribution is -0.138. The molecule has 2 N–H and O–H groups in total. The van der Waals surface area contributed by atoms with Crippen LogP contribution in [0.25, 0.3) is 11.1 Å². The highest BCUT2D eigenvalue weighted by Gasteiger charge is 2.35. The number of nitrogens with one attached hydrogen (secondary N) is 1. The summed E-state index contributed by atoms with van der Waals surface area (Å²) in [5.74, 6) is -0.815. The van der Waals surface area contributed by atoms with Crippen molar-refractivity contribution in [2.75, 3.05) is 16.8 Å². The summed E-state index contributed by atoms with van der Waals surface area (Å²) in [5.41, 5.74) is 1.91. The van der Waals surface area contributed by atoms with Crippen LogP contribution in [0.1, 0.15) is 32.7 Å². The van der Waals surface area contributed by atoms with Crippen molar-refractivity contribution in [1.29, 1.82) is 0 Å². The quantitative estimate of drug-likeness (QED) is 0.337. The van der Waals surface area contributed by atoms with E-state index in [2.05, 4.69) is 10.3 Å². The second-order valence-electron chi connectivity index (χ2n) is 9.17. The SMILES string of the molecule is O=C(Nc1ccc2c(c1)CCN2C(=O)Cc1ccccn1)c1cc(C(F)(F)F)c(CO)cc1-c1ccccc1. The number of aliphatic hydroxyl groups excluding tert-OH is 1. The van der Waals surface area contributed by atoms with Crippen LogP contribution in [0, 0.1) is 0 Å². The molecule has 3 aromatic carbocycles. The normalized spacial score (nSPS) is 12.8. The Hall–Kier alpha value is -4.50. The Morgan fingerprint density at radius 2 is 1.74 bits per heavy atom. The molecule has 2 heterocycles. The third-order valence-electron chi connectivity index (χ3n) is 6.64. The van der Waals surface area contributed by atoms with Crippen LogP contribution in [-0.2, 0) is 30.4 Å². The van der Waals surface area contributed by atoms with Crippen molar-refractivity contribution in [3.05, 3.63) is 113 Å². The number of amides is 2. The number of hydrogen-bond donors (Lipinski definition) is 2. The molecule has 0 radical (unpaired) electrons. The molecule has 1 aliphatic heterocycles. The molecule has 198 valence electrons. The van der Waals surface area contributed by atoms with Gasteiger partial charge in [-0.1, -0.05) is 36.4 Å². The van der Waals surface area contributed by atoms with Crippen molar-refractivity contribution in [1.82, 2.24) is 4.98 Å². The van der Waals surface area contributed by atoms with Crippen LogP contribution >= 0.6 is 0 Å². The molecule has 0 atom stereocenters. The highest BCUT2D eigenvalue weighted by atomic mass is 19.4. The van der Waals surface area contributed by atoms with Gasteiger partial charge in [0.2, 0.25) is 5.91 Å². The zero-order valence-corrected chi connectivity index (χ0v) is 20.7. The summed E-state index contributed by atoms with van der Waals surface area (Å²) in [5, 5.41) is 12.3. The molecule has 1 aliphatic rings. The lowest BCUT2D eigenvalue weighted by atomic mass is 9.93. The van der Waals surface area contributed by atoms with Gasteiger partial charge >= 0.3 is 6.18 Å². The van der Waals surface area contributed by atoms with Gasteiger partial charge in [-0.2, -0.15) is 13.2 Å². The third-order valence-corrected chi connectivity index (χ3v) is 6.64. The van der Waals surface area contributed by atoms with E-state index in [1.807, 2.05) is 6.07 Å². The monoisotopic (exact) mass is 531 g/mol. The number of anilines is 2. The number of pyridine rings is 1. The van der Waals surface area contributed by atoms with Crippen LogP contribution in [0.5, 0.6) is 0 Å². The molecule has 6 nitrogen and oxygen atoms in total. The summed E-state index contributed by atoms with van der Waals surface area (Å²) < 4.78 is 41.3. The first-order chi connectivity index (χ1) is 18.7. The molecule has 39 heavy (non-hydrogen) atoms. The first-order valence-corrected chi connectivity index (χ1v) is 12.3. The zero-order valence-electron chi connectivity index (χ0n) is 20.7. The van der Waals surface area contributed by atoms with E-state index in [0.29, 0.717) is 29.9 Å². The third kappa shape index (κ3) is 5.53. The van der Waals surface area contributed by atoms with Gasteiger partial charge in [-0.25, -0.2) is 0 Å². The fourth-order valence-electron chi connectivity index (χ4n) is 4.77. The van der Waals surface area contributed by atoms with Crippen molar-refractivity contribution >= 4 is 23.2 Å². The molecule has 4 aromatic rings. The standard InChI is InChI=1S/C30H24F3N3O3/c31-30(32,33)26-17-25(24(15-21(26)18-37)19-6-2-1-3-7-19)29(39)35-23-9-10-27-20(14-23)11-13-36(27)28(38)16-22-8-4-5-12-34-22/h1-10,12,14-15,17,37H,11,13,16,18H2,(H,35,39). The van der Waals surface area contributed by atoms with Crippen LogP contribution in [0.15, 0.2) is 85.1 Å². The Morgan fingerprint density at radius 3 is 2.44 bits per heavy atom. The summed E-state index contributed by atoms with van der Waals surface area (Å²) in [6, 6.07) is 21.0. The summed E-state index contributed by atoms with van der Waals surface area (Å²) in [6.07, 6.45) is -2.38. The fourth-order valence-corrected chi connectivity index (χ4v) is 4.77. The van der Waals surface area contributed by atoms with E-state index in [0.717, 1.165) is 17.3 Å². The van der Waals surface area contributed by atoms with Crippen molar-refractivity contribution in [2.45, 2.75) is 25.6 Å². The Labute approximate surface area is 222 Å². The maximum absolute atomic E-state index is 13.8. The maximum Gasteiger partial charge on any atom is 0.416 e. The van der Waals surface area contributed by atoms with Crippen LogP contribution in [0.3, 0.4) is 0 Å². The number of rotatable bonds is 6. The number of hydrogen-bond acceptors (Lipinski definition) is 4. The molecule has 0 saturated carbocycles. The van der Waals surface area contributed by atoms with E-state index in [4.69, 9.17) is 0 Å². The number of nitrogens with zero attached hydrogens (tertiary/aromatic N) is 2. The molecule has 0 aliphatic carbocycles. The number of benzene rings is 3. The smallest absolute Gasteiger partial charge is 0.392 e. The second-order valence-corrected chi connectivity index (χ2v) is 9.17. The predicted molar refractivity (Wildman–Crippen MR) is 141 cm³/mol. The number of carbonyl (C=O) groups is 2. The van der Waals surface area contributed by atoms with E-state index in [1.54, 1.807) is 71.8 Å². The van der Waals surface area contributed by atoms with Gasteiger partial charge in [0.15, 0.2) is 0 Å². The van der Waals surface area contributed by atoms with Crippen molar-refractivity contribution < 1.29 is 27.9 Å².